The standard InChI is InChI=1S/C21H24Cl2N2O3S/c1-26-14-8-9-19(20(11-14)27-2)24-21(29)25(12-15-5-4-10-28-15)13-16-17(22)6-3-7-18(16)23/h3,6-9,11,15H,4-5,10,12-13H2,1-2H3,(H,24,29). The molecule has 2 aromatic rings. The van der Waals surface area contributed by atoms with Gasteiger partial charge in [0.2, 0.25) is 0 Å². The van der Waals surface area contributed by atoms with Gasteiger partial charge >= 0.3 is 0 Å². The fourth-order valence-electron chi connectivity index (χ4n) is 3.22. The van der Waals surface area contributed by atoms with Crippen molar-refractivity contribution in [2.45, 2.75) is 25.5 Å². The molecule has 1 atom stereocenters. The van der Waals surface area contributed by atoms with Crippen LogP contribution in [0.2, 0.25) is 10.0 Å². The molecule has 0 aromatic heterocycles. The number of halogens is 2. The molecule has 1 saturated heterocycles. The molecule has 1 aliphatic heterocycles. The number of ether oxygens (including phenoxy) is 3. The molecule has 0 saturated carbocycles. The van der Waals surface area contributed by atoms with Crippen molar-refractivity contribution in [2.75, 3.05) is 32.7 Å². The molecule has 1 aliphatic rings. The summed E-state index contributed by atoms with van der Waals surface area (Å²) in [5, 5.41) is 5.04. The van der Waals surface area contributed by atoms with Gasteiger partial charge in [0.05, 0.1) is 26.0 Å². The first kappa shape index (κ1) is 22.0. The lowest BCUT2D eigenvalue weighted by atomic mass is 10.2. The van der Waals surface area contributed by atoms with Crippen LogP contribution in [0.5, 0.6) is 11.5 Å². The molecule has 1 unspecified atom stereocenters. The van der Waals surface area contributed by atoms with Gasteiger partial charge in [0.1, 0.15) is 11.5 Å². The van der Waals surface area contributed by atoms with Gasteiger partial charge in [-0.2, -0.15) is 0 Å². The van der Waals surface area contributed by atoms with E-state index >= 15 is 0 Å². The Balaban J connectivity index is 1.82. The van der Waals surface area contributed by atoms with E-state index in [-0.39, 0.29) is 6.10 Å². The van der Waals surface area contributed by atoms with Crippen LogP contribution in [0.25, 0.3) is 0 Å². The van der Waals surface area contributed by atoms with E-state index < -0.39 is 0 Å². The average molecular weight is 455 g/mol. The molecule has 8 heteroatoms. The Morgan fingerprint density at radius 1 is 1.21 bits per heavy atom. The summed E-state index contributed by atoms with van der Waals surface area (Å²) < 4.78 is 16.6. The number of thiocarbonyl (C=S) groups is 1. The third-order valence-corrected chi connectivity index (χ3v) is 5.86. The van der Waals surface area contributed by atoms with Gasteiger partial charge in [-0.3, -0.25) is 0 Å². The van der Waals surface area contributed by atoms with E-state index in [1.165, 1.54) is 0 Å². The molecule has 0 aliphatic carbocycles. The normalized spacial score (nSPS) is 15.8. The fourth-order valence-corrected chi connectivity index (χ4v) is 3.99. The van der Waals surface area contributed by atoms with E-state index in [1.807, 2.05) is 35.2 Å². The molecule has 0 spiro atoms. The van der Waals surface area contributed by atoms with Crippen molar-refractivity contribution < 1.29 is 14.2 Å². The van der Waals surface area contributed by atoms with Crippen molar-refractivity contribution in [3.05, 3.63) is 52.0 Å². The Morgan fingerprint density at radius 3 is 2.59 bits per heavy atom. The summed E-state index contributed by atoms with van der Waals surface area (Å²) in [5.74, 6) is 1.34. The molecule has 0 bridgehead atoms. The van der Waals surface area contributed by atoms with Crippen molar-refractivity contribution >= 4 is 46.2 Å². The smallest absolute Gasteiger partial charge is 0.173 e. The van der Waals surface area contributed by atoms with Crippen LogP contribution in [0.3, 0.4) is 0 Å². The van der Waals surface area contributed by atoms with Crippen LogP contribution in [0, 0.1) is 0 Å². The lowest BCUT2D eigenvalue weighted by Gasteiger charge is -2.29. The van der Waals surface area contributed by atoms with Crippen molar-refractivity contribution in [3.8, 4) is 11.5 Å². The highest BCUT2D eigenvalue weighted by molar-refractivity contribution is 7.80. The van der Waals surface area contributed by atoms with Gasteiger partial charge in [-0.15, -0.1) is 0 Å². The molecule has 0 amide bonds. The van der Waals surface area contributed by atoms with Gasteiger partial charge in [0.25, 0.3) is 0 Å². The molecule has 3 rings (SSSR count). The van der Waals surface area contributed by atoms with Gasteiger partial charge in [-0.25, -0.2) is 0 Å². The Hall–Kier alpha value is -1.73. The number of anilines is 1. The minimum atomic E-state index is 0.119. The molecule has 156 valence electrons. The van der Waals surface area contributed by atoms with Crippen LogP contribution in [-0.4, -0.2) is 43.5 Å². The highest BCUT2D eigenvalue weighted by atomic mass is 35.5. The monoisotopic (exact) mass is 454 g/mol. The van der Waals surface area contributed by atoms with Crippen molar-refractivity contribution in [1.82, 2.24) is 4.90 Å². The number of nitrogens with one attached hydrogen (secondary N) is 1. The summed E-state index contributed by atoms with van der Waals surface area (Å²) in [6.45, 7) is 1.90. The van der Waals surface area contributed by atoms with Crippen LogP contribution in [0.4, 0.5) is 5.69 Å². The Labute approximate surface area is 186 Å². The maximum absolute atomic E-state index is 6.40. The summed E-state index contributed by atoms with van der Waals surface area (Å²) in [6.07, 6.45) is 2.17. The first-order chi connectivity index (χ1) is 14.0. The zero-order chi connectivity index (χ0) is 20.8. The Kier molecular flexibility index (Phi) is 7.84. The minimum Gasteiger partial charge on any atom is -0.497 e. The molecule has 2 aromatic carbocycles. The lowest BCUT2D eigenvalue weighted by Crippen LogP contribution is -2.39. The molecular formula is C21H24Cl2N2O3S. The number of hydrogen-bond donors (Lipinski definition) is 1. The Morgan fingerprint density at radius 2 is 1.97 bits per heavy atom. The molecular weight excluding hydrogens is 431 g/mol. The van der Waals surface area contributed by atoms with Crippen LogP contribution < -0.4 is 14.8 Å². The largest absolute Gasteiger partial charge is 0.497 e. The SMILES string of the molecule is COc1ccc(NC(=S)N(Cc2c(Cl)cccc2Cl)CC2CCCO2)c(OC)c1. The van der Waals surface area contributed by atoms with Crippen molar-refractivity contribution in [3.63, 3.8) is 0 Å². The van der Waals surface area contributed by atoms with E-state index in [0.717, 1.165) is 30.7 Å². The Bertz CT molecular complexity index is 840. The molecule has 1 heterocycles. The number of nitrogens with zero attached hydrogens (tertiary/aromatic N) is 1. The van der Waals surface area contributed by atoms with Crippen LogP contribution in [-0.2, 0) is 11.3 Å². The van der Waals surface area contributed by atoms with E-state index in [0.29, 0.717) is 39.7 Å². The van der Waals surface area contributed by atoms with Crippen LogP contribution in [0.15, 0.2) is 36.4 Å². The summed E-state index contributed by atoms with van der Waals surface area (Å²) in [6, 6.07) is 11.0. The first-order valence-corrected chi connectivity index (χ1v) is 10.5. The van der Waals surface area contributed by atoms with Gasteiger partial charge in [0, 0.05) is 41.4 Å². The summed E-state index contributed by atoms with van der Waals surface area (Å²) in [5.41, 5.74) is 1.58. The molecule has 0 radical (unpaired) electrons. The average Bonchev–Trinajstić information content (AvgIpc) is 3.23. The fraction of sp³-hybridized carbons (Fsp3) is 0.381. The number of methoxy groups -OCH3 is 2. The highest BCUT2D eigenvalue weighted by Gasteiger charge is 2.23. The topological polar surface area (TPSA) is 43.0 Å². The maximum atomic E-state index is 6.40. The van der Waals surface area contributed by atoms with Gasteiger partial charge in [0.15, 0.2) is 5.11 Å². The van der Waals surface area contributed by atoms with Crippen LogP contribution >= 0.6 is 35.4 Å². The lowest BCUT2D eigenvalue weighted by molar-refractivity contribution is 0.0905. The number of rotatable bonds is 7. The number of hydrogen-bond acceptors (Lipinski definition) is 4. The van der Waals surface area contributed by atoms with Crippen molar-refractivity contribution in [1.29, 1.82) is 0 Å². The second-order valence-corrected chi connectivity index (χ2v) is 7.91. The molecule has 1 fully saturated rings. The quantitative estimate of drug-likeness (QED) is 0.565. The predicted octanol–water partition coefficient (Wildman–Crippen LogP) is 5.39. The van der Waals surface area contributed by atoms with E-state index in [9.17, 15) is 0 Å². The third-order valence-electron chi connectivity index (χ3n) is 4.80. The van der Waals surface area contributed by atoms with Gasteiger partial charge in [-0.1, -0.05) is 29.3 Å². The highest BCUT2D eigenvalue weighted by Crippen LogP contribution is 2.30. The summed E-state index contributed by atoms with van der Waals surface area (Å²) in [7, 11) is 3.22. The summed E-state index contributed by atoms with van der Waals surface area (Å²) >= 11 is 18.5. The zero-order valence-corrected chi connectivity index (χ0v) is 18.7. The van der Waals surface area contributed by atoms with Crippen molar-refractivity contribution in [2.24, 2.45) is 0 Å². The predicted molar refractivity (Wildman–Crippen MR) is 122 cm³/mol. The molecule has 29 heavy (non-hydrogen) atoms. The minimum absolute atomic E-state index is 0.119. The van der Waals surface area contributed by atoms with E-state index in [4.69, 9.17) is 49.6 Å². The van der Waals surface area contributed by atoms with E-state index in [2.05, 4.69) is 5.32 Å². The van der Waals surface area contributed by atoms with E-state index in [1.54, 1.807) is 20.3 Å². The number of benzene rings is 2. The molecule has 5 nitrogen and oxygen atoms in total. The first-order valence-electron chi connectivity index (χ1n) is 9.34. The maximum Gasteiger partial charge on any atom is 0.173 e. The molecule has 1 N–H and O–H groups in total. The zero-order valence-electron chi connectivity index (χ0n) is 16.4. The van der Waals surface area contributed by atoms with Crippen LogP contribution in [0.1, 0.15) is 18.4 Å². The van der Waals surface area contributed by atoms with Gasteiger partial charge < -0.3 is 24.4 Å². The summed E-state index contributed by atoms with van der Waals surface area (Å²) in [4.78, 5) is 2.03. The van der Waals surface area contributed by atoms with Gasteiger partial charge in [-0.05, 0) is 49.3 Å². The second kappa shape index (κ2) is 10.3. The second-order valence-electron chi connectivity index (χ2n) is 6.71. The third kappa shape index (κ3) is 5.66.